The van der Waals surface area contributed by atoms with E-state index in [0.29, 0.717) is 12.6 Å². The van der Waals surface area contributed by atoms with Gasteiger partial charge in [-0.1, -0.05) is 30.3 Å². The predicted molar refractivity (Wildman–Crippen MR) is 80.3 cm³/mol. The molecule has 2 unspecified atom stereocenters. The van der Waals surface area contributed by atoms with Crippen molar-refractivity contribution in [2.24, 2.45) is 0 Å². The zero-order valence-electron chi connectivity index (χ0n) is 11.3. The first-order chi connectivity index (χ1) is 9.20. The van der Waals surface area contributed by atoms with E-state index < -0.39 is 0 Å². The van der Waals surface area contributed by atoms with E-state index in [4.69, 9.17) is 0 Å². The molecular formula is C16H18N2S. The van der Waals surface area contributed by atoms with Gasteiger partial charge in [0.2, 0.25) is 0 Å². The third kappa shape index (κ3) is 3.66. The maximum Gasteiger partial charge on any atom is 0.0837 e. The predicted octanol–water partition coefficient (Wildman–Crippen LogP) is 4.01. The number of nitrogens with zero attached hydrogens (tertiary/aromatic N) is 1. The van der Waals surface area contributed by atoms with Crippen LogP contribution in [0, 0.1) is 18.3 Å². The Morgan fingerprint density at radius 1 is 1.21 bits per heavy atom. The first-order valence-corrected chi connectivity index (χ1v) is 7.26. The fraction of sp³-hybridized carbons (Fsp3) is 0.312. The van der Waals surface area contributed by atoms with Crippen LogP contribution in [0.1, 0.15) is 34.2 Å². The minimum atomic E-state index is -0.0929. The average molecular weight is 270 g/mol. The molecule has 0 saturated heterocycles. The number of rotatable bonds is 5. The molecule has 0 radical (unpaired) electrons. The monoisotopic (exact) mass is 270 g/mol. The second kappa shape index (κ2) is 6.51. The molecule has 2 aromatic rings. The highest BCUT2D eigenvalue weighted by atomic mass is 32.1. The Kier molecular flexibility index (Phi) is 4.73. The normalized spacial score (nSPS) is 13.7. The van der Waals surface area contributed by atoms with E-state index in [1.165, 1.54) is 9.75 Å². The molecule has 98 valence electrons. The molecule has 2 atom stereocenters. The third-order valence-electron chi connectivity index (χ3n) is 3.17. The second-order valence-corrected chi connectivity index (χ2v) is 5.99. The lowest BCUT2D eigenvalue weighted by molar-refractivity contribution is 0.565. The van der Waals surface area contributed by atoms with Crippen LogP contribution < -0.4 is 5.32 Å². The van der Waals surface area contributed by atoms with Crippen molar-refractivity contribution in [2.75, 3.05) is 6.54 Å². The summed E-state index contributed by atoms with van der Waals surface area (Å²) in [5.74, 6) is -0.0929. The van der Waals surface area contributed by atoms with Crippen LogP contribution in [0.3, 0.4) is 0 Å². The first-order valence-electron chi connectivity index (χ1n) is 6.45. The van der Waals surface area contributed by atoms with Crippen LogP contribution in [0.4, 0.5) is 0 Å². The van der Waals surface area contributed by atoms with Crippen LogP contribution in [0.5, 0.6) is 0 Å². The molecule has 0 aliphatic rings. The van der Waals surface area contributed by atoms with Crippen LogP contribution in [0.15, 0.2) is 42.5 Å². The topological polar surface area (TPSA) is 35.8 Å². The van der Waals surface area contributed by atoms with Crippen molar-refractivity contribution < 1.29 is 0 Å². The van der Waals surface area contributed by atoms with Crippen LogP contribution in [-0.4, -0.2) is 6.54 Å². The smallest absolute Gasteiger partial charge is 0.0837 e. The lowest BCUT2D eigenvalue weighted by Gasteiger charge is -2.15. The molecule has 1 aromatic heterocycles. The number of aryl methyl sites for hydroxylation is 1. The van der Waals surface area contributed by atoms with Crippen LogP contribution in [0.2, 0.25) is 0 Å². The van der Waals surface area contributed by atoms with Crippen LogP contribution >= 0.6 is 11.3 Å². The van der Waals surface area contributed by atoms with Gasteiger partial charge in [-0.05, 0) is 31.5 Å². The maximum absolute atomic E-state index is 9.28. The highest BCUT2D eigenvalue weighted by molar-refractivity contribution is 7.12. The summed E-state index contributed by atoms with van der Waals surface area (Å²) in [6.07, 6.45) is 0. The average Bonchev–Trinajstić information content (AvgIpc) is 2.87. The van der Waals surface area contributed by atoms with Crippen LogP contribution in [0.25, 0.3) is 0 Å². The van der Waals surface area contributed by atoms with Gasteiger partial charge < -0.3 is 5.32 Å². The number of hydrogen-bond acceptors (Lipinski definition) is 3. The van der Waals surface area contributed by atoms with E-state index in [9.17, 15) is 5.26 Å². The highest BCUT2D eigenvalue weighted by Gasteiger charge is 2.13. The zero-order chi connectivity index (χ0) is 13.7. The summed E-state index contributed by atoms with van der Waals surface area (Å²) in [6, 6.07) is 16.9. The van der Waals surface area contributed by atoms with Gasteiger partial charge in [-0.15, -0.1) is 11.3 Å². The Balaban J connectivity index is 1.96. The Morgan fingerprint density at radius 3 is 2.53 bits per heavy atom. The van der Waals surface area contributed by atoms with E-state index in [2.05, 4.69) is 37.4 Å². The summed E-state index contributed by atoms with van der Waals surface area (Å²) < 4.78 is 0. The zero-order valence-corrected chi connectivity index (χ0v) is 12.1. The summed E-state index contributed by atoms with van der Waals surface area (Å²) in [4.78, 5) is 2.64. The number of nitrogens with one attached hydrogen (secondary N) is 1. The molecule has 0 amide bonds. The largest absolute Gasteiger partial charge is 0.308 e. The van der Waals surface area contributed by atoms with Crippen molar-refractivity contribution in [2.45, 2.75) is 25.8 Å². The van der Waals surface area contributed by atoms with Gasteiger partial charge in [-0.2, -0.15) is 5.26 Å². The Bertz CT molecular complexity index is 554. The lowest BCUT2D eigenvalue weighted by Crippen LogP contribution is -2.23. The molecule has 0 saturated carbocycles. The minimum absolute atomic E-state index is 0.0929. The van der Waals surface area contributed by atoms with E-state index in [1.807, 2.05) is 30.3 Å². The van der Waals surface area contributed by atoms with E-state index in [0.717, 1.165) is 5.56 Å². The standard InChI is InChI=1S/C16H18N2S/c1-12-8-9-16(19-12)13(2)18-11-15(10-17)14-6-4-3-5-7-14/h3-9,13,15,18H,11H2,1-2H3. The maximum atomic E-state index is 9.28. The van der Waals surface area contributed by atoms with E-state index in [1.54, 1.807) is 11.3 Å². The van der Waals surface area contributed by atoms with Gasteiger partial charge in [0.25, 0.3) is 0 Å². The van der Waals surface area contributed by atoms with Crippen molar-refractivity contribution >= 4 is 11.3 Å². The van der Waals surface area contributed by atoms with Crippen molar-refractivity contribution in [1.29, 1.82) is 5.26 Å². The van der Waals surface area contributed by atoms with Gasteiger partial charge in [0.15, 0.2) is 0 Å². The minimum Gasteiger partial charge on any atom is -0.308 e. The van der Waals surface area contributed by atoms with E-state index in [-0.39, 0.29) is 5.92 Å². The van der Waals surface area contributed by atoms with Crippen molar-refractivity contribution in [1.82, 2.24) is 5.32 Å². The van der Waals surface area contributed by atoms with Gasteiger partial charge in [0.05, 0.1) is 12.0 Å². The molecule has 0 fully saturated rings. The number of benzene rings is 1. The third-order valence-corrected chi connectivity index (χ3v) is 4.36. The molecule has 3 heteroatoms. The molecule has 1 heterocycles. The van der Waals surface area contributed by atoms with E-state index >= 15 is 0 Å². The number of thiophene rings is 1. The highest BCUT2D eigenvalue weighted by Crippen LogP contribution is 2.23. The molecule has 0 bridgehead atoms. The molecule has 2 nitrogen and oxygen atoms in total. The van der Waals surface area contributed by atoms with Gasteiger partial charge in [0.1, 0.15) is 0 Å². The molecule has 1 aromatic carbocycles. The molecule has 0 spiro atoms. The lowest BCUT2D eigenvalue weighted by atomic mass is 10.0. The van der Waals surface area contributed by atoms with Crippen molar-refractivity contribution in [3.05, 3.63) is 57.8 Å². The molecule has 19 heavy (non-hydrogen) atoms. The van der Waals surface area contributed by atoms with Gasteiger partial charge in [0, 0.05) is 22.3 Å². The summed E-state index contributed by atoms with van der Waals surface area (Å²) >= 11 is 1.81. The Hall–Kier alpha value is -1.63. The van der Waals surface area contributed by atoms with Crippen LogP contribution in [-0.2, 0) is 0 Å². The van der Waals surface area contributed by atoms with Crippen molar-refractivity contribution in [3.63, 3.8) is 0 Å². The molecule has 0 aliphatic carbocycles. The summed E-state index contributed by atoms with van der Waals surface area (Å²) in [5, 5.41) is 12.7. The summed E-state index contributed by atoms with van der Waals surface area (Å²) in [6.45, 7) is 4.94. The molecule has 1 N–H and O–H groups in total. The van der Waals surface area contributed by atoms with Gasteiger partial charge >= 0.3 is 0 Å². The van der Waals surface area contributed by atoms with Crippen molar-refractivity contribution in [3.8, 4) is 6.07 Å². The molecule has 0 aliphatic heterocycles. The van der Waals surface area contributed by atoms with Gasteiger partial charge in [-0.3, -0.25) is 0 Å². The van der Waals surface area contributed by atoms with Gasteiger partial charge in [-0.25, -0.2) is 0 Å². The summed E-state index contributed by atoms with van der Waals surface area (Å²) in [5.41, 5.74) is 1.08. The second-order valence-electron chi connectivity index (χ2n) is 4.67. The summed E-state index contributed by atoms with van der Waals surface area (Å²) in [7, 11) is 0. The number of hydrogen-bond donors (Lipinski definition) is 1. The fourth-order valence-electron chi connectivity index (χ4n) is 2.00. The first kappa shape index (κ1) is 13.8. The molecular weight excluding hydrogens is 252 g/mol. The Morgan fingerprint density at radius 2 is 1.95 bits per heavy atom. The SMILES string of the molecule is Cc1ccc(C(C)NCC(C#N)c2ccccc2)s1. The molecule has 2 rings (SSSR count). The Labute approximate surface area is 118 Å². The fourth-order valence-corrected chi connectivity index (χ4v) is 2.91. The number of nitriles is 1. The quantitative estimate of drug-likeness (QED) is 0.891.